The van der Waals surface area contributed by atoms with Crippen LogP contribution in [-0.4, -0.2) is 67.0 Å². The fourth-order valence-corrected chi connectivity index (χ4v) is 6.74. The SMILES string of the molecule is CN1C(=O)N(c2c(Cl)cccc2Cl)Cc2cnc(S(C)(=O)=O)nc21.CSc1ncc2c(n1)N(C)C(=O)N(c1c(Cl)cccc1Cl)C2. The summed E-state index contributed by atoms with van der Waals surface area (Å²) in [6, 6.07) is 9.46. The quantitative estimate of drug-likeness (QED) is 0.163. The number of carbonyl (C=O) groups excluding carboxylic acids is 2. The molecule has 240 valence electrons. The number of urea groups is 2. The van der Waals surface area contributed by atoms with Crippen molar-refractivity contribution in [1.29, 1.82) is 0 Å². The van der Waals surface area contributed by atoms with Crippen LogP contribution in [-0.2, 0) is 22.9 Å². The highest BCUT2D eigenvalue weighted by Gasteiger charge is 2.34. The molecule has 46 heavy (non-hydrogen) atoms. The molecule has 4 heterocycles. The number of fused-ring (bicyclic) bond motifs is 2. The van der Waals surface area contributed by atoms with Gasteiger partial charge in [0.2, 0.25) is 15.0 Å². The van der Waals surface area contributed by atoms with Crippen molar-refractivity contribution in [3.63, 3.8) is 0 Å². The highest BCUT2D eigenvalue weighted by atomic mass is 35.5. The van der Waals surface area contributed by atoms with Crippen molar-refractivity contribution in [3.8, 4) is 0 Å². The first-order valence-corrected chi connectivity index (χ1v) is 17.8. The normalized spacial score (nSPS) is 14.5. The Balaban J connectivity index is 0.000000182. The first kappa shape index (κ1) is 33.9. The molecule has 2 aromatic heterocycles. The molecule has 4 aromatic rings. The van der Waals surface area contributed by atoms with Crippen LogP contribution in [0.4, 0.5) is 32.6 Å². The van der Waals surface area contributed by atoms with Gasteiger partial charge in [-0.1, -0.05) is 70.3 Å². The number of amides is 4. The fourth-order valence-electron chi connectivity index (χ4n) is 4.71. The first-order chi connectivity index (χ1) is 21.7. The Morgan fingerprint density at radius 1 is 0.717 bits per heavy atom. The second-order valence-corrected chi connectivity index (χ2v) is 14.3. The molecule has 0 saturated carbocycles. The van der Waals surface area contributed by atoms with Crippen molar-refractivity contribution >= 4 is 103 Å². The molecule has 0 radical (unpaired) electrons. The molecule has 6 rings (SSSR count). The zero-order valence-electron chi connectivity index (χ0n) is 24.6. The highest BCUT2D eigenvalue weighted by Crippen LogP contribution is 2.39. The lowest BCUT2D eigenvalue weighted by atomic mass is 10.2. The second kappa shape index (κ2) is 13.4. The number of sulfone groups is 1. The third-order valence-corrected chi connectivity index (χ3v) is 9.54. The minimum Gasteiger partial charge on any atom is -0.286 e. The standard InChI is InChI=1S/C14H12Cl2N4O3S.C14H12Cl2N4OS/c1-19-12-8(6-17-13(18-12)24(2,22)23)7-20(14(19)21)11-9(15)4-3-5-10(11)16;1-19-12-8(6-17-13(18-12)22-2)7-20(14(19)21)11-9(15)4-3-5-10(11)16/h3-6H,7H2,1-2H3;3-6H,7H2,1-2H3. The van der Waals surface area contributed by atoms with Gasteiger partial charge in [0.15, 0.2) is 5.16 Å². The fraction of sp³-hybridized carbons (Fsp3) is 0.214. The summed E-state index contributed by atoms with van der Waals surface area (Å²) in [5.74, 6) is 0.860. The van der Waals surface area contributed by atoms with E-state index < -0.39 is 15.9 Å². The van der Waals surface area contributed by atoms with Gasteiger partial charge in [0.05, 0.1) is 44.6 Å². The molecule has 18 heteroatoms. The molecule has 2 aromatic carbocycles. The smallest absolute Gasteiger partial charge is 0.286 e. The van der Waals surface area contributed by atoms with Crippen molar-refractivity contribution in [1.82, 2.24) is 19.9 Å². The average molecular weight is 742 g/mol. The Morgan fingerprint density at radius 2 is 1.13 bits per heavy atom. The van der Waals surface area contributed by atoms with Crippen molar-refractivity contribution in [2.45, 2.75) is 23.4 Å². The van der Waals surface area contributed by atoms with Gasteiger partial charge in [0.25, 0.3) is 0 Å². The van der Waals surface area contributed by atoms with Crippen molar-refractivity contribution in [2.24, 2.45) is 0 Å². The predicted molar refractivity (Wildman–Crippen MR) is 182 cm³/mol. The topological polar surface area (TPSA) is 133 Å². The van der Waals surface area contributed by atoms with Gasteiger partial charge < -0.3 is 0 Å². The second-order valence-electron chi connectivity index (χ2n) is 9.98. The van der Waals surface area contributed by atoms with Crippen molar-refractivity contribution < 1.29 is 18.0 Å². The maximum absolute atomic E-state index is 12.7. The number of nitrogens with zero attached hydrogens (tertiary/aromatic N) is 8. The van der Waals surface area contributed by atoms with E-state index in [9.17, 15) is 18.0 Å². The Kier molecular flexibility index (Phi) is 9.87. The number of hydrogen-bond acceptors (Lipinski definition) is 9. The van der Waals surface area contributed by atoms with Crippen molar-refractivity contribution in [3.05, 3.63) is 80.0 Å². The molecule has 0 aliphatic carbocycles. The van der Waals surface area contributed by atoms with E-state index in [1.165, 1.54) is 44.6 Å². The van der Waals surface area contributed by atoms with Gasteiger partial charge in [0.1, 0.15) is 11.6 Å². The van der Waals surface area contributed by atoms with Crippen LogP contribution in [0.3, 0.4) is 0 Å². The van der Waals surface area contributed by atoms with Crippen molar-refractivity contribution in [2.75, 3.05) is 46.2 Å². The maximum atomic E-state index is 12.7. The number of aromatic nitrogens is 4. The maximum Gasteiger partial charge on any atom is 0.330 e. The molecule has 0 bridgehead atoms. The monoisotopic (exact) mass is 740 g/mol. The van der Waals surface area contributed by atoms with Gasteiger partial charge in [-0.3, -0.25) is 19.6 Å². The van der Waals surface area contributed by atoms with Crippen LogP contribution in [0.5, 0.6) is 0 Å². The summed E-state index contributed by atoms with van der Waals surface area (Å²) >= 11 is 26.2. The molecule has 0 saturated heterocycles. The molecule has 2 aliphatic heterocycles. The summed E-state index contributed by atoms with van der Waals surface area (Å²) in [6.07, 6.45) is 6.02. The first-order valence-electron chi connectivity index (χ1n) is 13.2. The Hall–Kier alpha value is -3.40. The molecule has 12 nitrogen and oxygen atoms in total. The summed E-state index contributed by atoms with van der Waals surface area (Å²) in [4.78, 5) is 47.5. The van der Waals surface area contributed by atoms with E-state index in [0.29, 0.717) is 54.5 Å². The Morgan fingerprint density at radius 3 is 1.54 bits per heavy atom. The number of thioether (sulfide) groups is 1. The van der Waals surface area contributed by atoms with E-state index in [4.69, 9.17) is 46.4 Å². The summed E-state index contributed by atoms with van der Waals surface area (Å²) in [6.45, 7) is 0.461. The summed E-state index contributed by atoms with van der Waals surface area (Å²) in [7, 11) is -0.399. The number of para-hydroxylation sites is 2. The van der Waals surface area contributed by atoms with Crippen LogP contribution in [0.25, 0.3) is 0 Å². The van der Waals surface area contributed by atoms with E-state index in [0.717, 1.165) is 11.8 Å². The molecular formula is C28H24Cl4N8O4S2. The lowest BCUT2D eigenvalue weighted by Gasteiger charge is -2.34. The van der Waals surface area contributed by atoms with Crippen LogP contribution in [0.1, 0.15) is 11.1 Å². The van der Waals surface area contributed by atoms with E-state index >= 15 is 0 Å². The van der Waals surface area contributed by atoms with Gasteiger partial charge >= 0.3 is 12.1 Å². The highest BCUT2D eigenvalue weighted by molar-refractivity contribution is 7.98. The van der Waals surface area contributed by atoms with Gasteiger partial charge in [-0.25, -0.2) is 37.9 Å². The summed E-state index contributed by atoms with van der Waals surface area (Å²) in [5, 5.41) is 1.83. The van der Waals surface area contributed by atoms with E-state index in [2.05, 4.69) is 19.9 Å². The predicted octanol–water partition coefficient (Wildman–Crippen LogP) is 6.85. The summed E-state index contributed by atoms with van der Waals surface area (Å²) in [5.41, 5.74) is 2.31. The number of halogens is 4. The number of carbonyl (C=O) groups is 2. The minimum absolute atomic E-state index is 0.131. The Labute approximate surface area is 289 Å². The molecule has 0 atom stereocenters. The molecule has 0 spiro atoms. The van der Waals surface area contributed by atoms with E-state index in [-0.39, 0.29) is 23.6 Å². The molecule has 0 N–H and O–H groups in total. The van der Waals surface area contributed by atoms with Gasteiger partial charge in [-0.2, -0.15) is 0 Å². The average Bonchev–Trinajstić information content (AvgIpc) is 3.01. The number of hydrogen-bond donors (Lipinski definition) is 0. The largest absolute Gasteiger partial charge is 0.330 e. The van der Waals surface area contributed by atoms with Crippen LogP contribution in [0, 0.1) is 0 Å². The third-order valence-electron chi connectivity index (χ3n) is 6.90. The number of benzene rings is 2. The number of rotatable bonds is 4. The van der Waals surface area contributed by atoms with Gasteiger partial charge in [-0.05, 0) is 30.5 Å². The molecule has 2 aliphatic rings. The molecule has 4 amide bonds. The molecule has 0 unspecified atom stereocenters. The lowest BCUT2D eigenvalue weighted by Crippen LogP contribution is -2.46. The zero-order chi connectivity index (χ0) is 33.5. The molecule has 0 fully saturated rings. The van der Waals surface area contributed by atoms with Crippen LogP contribution in [0.15, 0.2) is 59.1 Å². The van der Waals surface area contributed by atoms with Gasteiger partial charge in [0, 0.05) is 43.9 Å². The van der Waals surface area contributed by atoms with E-state index in [1.807, 2.05) is 6.26 Å². The van der Waals surface area contributed by atoms with Gasteiger partial charge in [-0.15, -0.1) is 0 Å². The van der Waals surface area contributed by atoms with E-state index in [1.54, 1.807) is 49.6 Å². The van der Waals surface area contributed by atoms with Crippen LogP contribution < -0.4 is 19.6 Å². The zero-order valence-corrected chi connectivity index (χ0v) is 29.2. The minimum atomic E-state index is -3.57. The molecular weight excluding hydrogens is 718 g/mol. The van der Waals surface area contributed by atoms with Crippen LogP contribution in [0.2, 0.25) is 20.1 Å². The number of anilines is 4. The summed E-state index contributed by atoms with van der Waals surface area (Å²) < 4.78 is 23.2. The third kappa shape index (κ3) is 6.55. The van der Waals surface area contributed by atoms with Crippen LogP contribution >= 0.6 is 58.2 Å². The Bertz CT molecular complexity index is 1940. The lowest BCUT2D eigenvalue weighted by molar-refractivity contribution is 0.250.